The predicted molar refractivity (Wildman–Crippen MR) is 82.4 cm³/mol. The topological polar surface area (TPSA) is 59.4 Å². The van der Waals surface area contributed by atoms with Gasteiger partial charge in [0.05, 0.1) is 0 Å². The zero-order valence-electron chi connectivity index (χ0n) is 13.0. The molecule has 2 rings (SSSR count). The highest BCUT2D eigenvalue weighted by molar-refractivity contribution is 5.97. The van der Waals surface area contributed by atoms with Crippen LogP contribution in [0.2, 0.25) is 0 Å². The SMILES string of the molecule is CN1CCN(C(=O)/C(C#N)=C\NC2CCCCCC2)CC1. The van der Waals surface area contributed by atoms with Crippen molar-refractivity contribution in [1.82, 2.24) is 15.1 Å². The summed E-state index contributed by atoms with van der Waals surface area (Å²) in [4.78, 5) is 16.3. The summed E-state index contributed by atoms with van der Waals surface area (Å²) in [6.07, 6.45) is 8.99. The second kappa shape index (κ2) is 8.04. The minimum atomic E-state index is -0.133. The van der Waals surface area contributed by atoms with E-state index < -0.39 is 0 Å². The number of piperazine rings is 1. The van der Waals surface area contributed by atoms with Crippen LogP contribution in [-0.2, 0) is 4.79 Å². The van der Waals surface area contributed by atoms with Crippen molar-refractivity contribution < 1.29 is 4.79 Å². The number of nitriles is 1. The average Bonchev–Trinajstić information content (AvgIpc) is 2.77. The van der Waals surface area contributed by atoms with Gasteiger partial charge in [-0.1, -0.05) is 25.7 Å². The van der Waals surface area contributed by atoms with E-state index in [9.17, 15) is 10.1 Å². The van der Waals surface area contributed by atoms with Gasteiger partial charge in [-0.05, 0) is 19.9 Å². The summed E-state index contributed by atoms with van der Waals surface area (Å²) in [5, 5.41) is 12.5. The third-order valence-electron chi connectivity index (χ3n) is 4.46. The van der Waals surface area contributed by atoms with Gasteiger partial charge in [-0.25, -0.2) is 0 Å². The summed E-state index contributed by atoms with van der Waals surface area (Å²) in [6, 6.07) is 2.47. The molecule has 2 aliphatic rings. The Labute approximate surface area is 127 Å². The first kappa shape index (κ1) is 15.8. The minimum Gasteiger partial charge on any atom is -0.387 e. The molecule has 0 aromatic rings. The first-order chi connectivity index (χ1) is 10.2. The van der Waals surface area contributed by atoms with E-state index in [4.69, 9.17) is 0 Å². The van der Waals surface area contributed by atoms with Gasteiger partial charge in [0.1, 0.15) is 11.6 Å². The Morgan fingerprint density at radius 2 is 1.76 bits per heavy atom. The Kier molecular flexibility index (Phi) is 6.06. The fourth-order valence-electron chi connectivity index (χ4n) is 2.97. The molecule has 0 aromatic carbocycles. The molecule has 1 aliphatic heterocycles. The highest BCUT2D eigenvalue weighted by atomic mass is 16.2. The average molecular weight is 290 g/mol. The summed E-state index contributed by atoms with van der Waals surface area (Å²) in [6.45, 7) is 3.16. The van der Waals surface area contributed by atoms with Gasteiger partial charge in [-0.15, -0.1) is 0 Å². The third kappa shape index (κ3) is 4.75. The standard InChI is InChI=1S/C16H26N4O/c1-19-8-10-20(11-9-19)16(21)14(12-17)13-18-15-6-4-2-3-5-7-15/h13,15,18H,2-11H2,1H3/b14-13-. The Balaban J connectivity index is 1.90. The van der Waals surface area contributed by atoms with Gasteiger partial charge >= 0.3 is 0 Å². The van der Waals surface area contributed by atoms with Crippen LogP contribution in [0, 0.1) is 11.3 Å². The van der Waals surface area contributed by atoms with Gasteiger partial charge in [0, 0.05) is 38.4 Å². The molecule has 1 heterocycles. The molecule has 1 saturated heterocycles. The zero-order valence-corrected chi connectivity index (χ0v) is 13.0. The van der Waals surface area contributed by atoms with E-state index in [-0.39, 0.29) is 11.5 Å². The zero-order chi connectivity index (χ0) is 15.1. The molecule has 5 heteroatoms. The van der Waals surface area contributed by atoms with Crippen LogP contribution >= 0.6 is 0 Å². The van der Waals surface area contributed by atoms with Crippen LogP contribution in [0.25, 0.3) is 0 Å². The summed E-state index contributed by atoms with van der Waals surface area (Å²) >= 11 is 0. The highest BCUT2D eigenvalue weighted by Crippen LogP contribution is 2.17. The maximum Gasteiger partial charge on any atom is 0.266 e. The monoisotopic (exact) mass is 290 g/mol. The molecule has 0 unspecified atom stereocenters. The van der Waals surface area contributed by atoms with Crippen LogP contribution in [0.3, 0.4) is 0 Å². The molecule has 21 heavy (non-hydrogen) atoms. The lowest BCUT2D eigenvalue weighted by molar-refractivity contribution is -0.128. The Hall–Kier alpha value is -1.54. The first-order valence-electron chi connectivity index (χ1n) is 8.05. The molecule has 2 fully saturated rings. The molecule has 1 aliphatic carbocycles. The van der Waals surface area contributed by atoms with Crippen LogP contribution < -0.4 is 5.32 Å². The maximum absolute atomic E-state index is 12.4. The second-order valence-corrected chi connectivity index (χ2v) is 6.12. The van der Waals surface area contributed by atoms with E-state index in [2.05, 4.69) is 23.3 Å². The number of likely N-dealkylation sites (N-methyl/N-ethyl adjacent to an activating group) is 1. The van der Waals surface area contributed by atoms with E-state index in [1.54, 1.807) is 11.1 Å². The van der Waals surface area contributed by atoms with Crippen LogP contribution in [-0.4, -0.2) is 55.0 Å². The van der Waals surface area contributed by atoms with Crippen molar-refractivity contribution in [2.24, 2.45) is 0 Å². The van der Waals surface area contributed by atoms with Crippen molar-refractivity contribution in [1.29, 1.82) is 5.26 Å². The van der Waals surface area contributed by atoms with Crippen LogP contribution in [0.4, 0.5) is 0 Å². The molecule has 0 bridgehead atoms. The lowest BCUT2D eigenvalue weighted by Crippen LogP contribution is -2.47. The quantitative estimate of drug-likeness (QED) is 0.486. The van der Waals surface area contributed by atoms with Gasteiger partial charge in [0.2, 0.25) is 0 Å². The number of nitrogens with one attached hydrogen (secondary N) is 1. The second-order valence-electron chi connectivity index (χ2n) is 6.12. The molecular formula is C16H26N4O. The van der Waals surface area contributed by atoms with Gasteiger partial charge < -0.3 is 15.1 Å². The highest BCUT2D eigenvalue weighted by Gasteiger charge is 2.22. The summed E-state index contributed by atoms with van der Waals surface area (Å²) in [7, 11) is 2.05. The number of nitrogens with zero attached hydrogens (tertiary/aromatic N) is 3. The molecule has 0 aromatic heterocycles. The van der Waals surface area contributed by atoms with E-state index >= 15 is 0 Å². The number of hydrogen-bond acceptors (Lipinski definition) is 4. The fraction of sp³-hybridized carbons (Fsp3) is 0.750. The number of rotatable bonds is 3. The lowest BCUT2D eigenvalue weighted by atomic mass is 10.1. The smallest absolute Gasteiger partial charge is 0.266 e. The van der Waals surface area contributed by atoms with Crippen molar-refractivity contribution in [3.05, 3.63) is 11.8 Å². The molecule has 1 amide bonds. The van der Waals surface area contributed by atoms with Crippen LogP contribution in [0.15, 0.2) is 11.8 Å². The summed E-state index contributed by atoms with van der Waals surface area (Å²) in [5.74, 6) is -0.133. The Bertz CT molecular complexity index is 410. The molecule has 0 spiro atoms. The van der Waals surface area contributed by atoms with Gasteiger partial charge in [0.25, 0.3) is 5.91 Å². The lowest BCUT2D eigenvalue weighted by Gasteiger charge is -2.32. The minimum absolute atomic E-state index is 0.133. The van der Waals surface area contributed by atoms with E-state index in [0.717, 1.165) is 25.9 Å². The van der Waals surface area contributed by atoms with Crippen molar-refractivity contribution >= 4 is 5.91 Å². The summed E-state index contributed by atoms with van der Waals surface area (Å²) in [5.41, 5.74) is 0.240. The van der Waals surface area contributed by atoms with Crippen molar-refractivity contribution in [2.45, 2.75) is 44.6 Å². The number of hydrogen-bond donors (Lipinski definition) is 1. The largest absolute Gasteiger partial charge is 0.387 e. The molecule has 1 N–H and O–H groups in total. The van der Waals surface area contributed by atoms with Crippen LogP contribution in [0.1, 0.15) is 38.5 Å². The Morgan fingerprint density at radius 3 is 2.33 bits per heavy atom. The Morgan fingerprint density at radius 1 is 1.14 bits per heavy atom. The van der Waals surface area contributed by atoms with E-state index in [1.807, 2.05) is 0 Å². The van der Waals surface area contributed by atoms with E-state index in [1.165, 1.54) is 25.7 Å². The van der Waals surface area contributed by atoms with Crippen molar-refractivity contribution in [3.63, 3.8) is 0 Å². The number of carbonyl (C=O) groups is 1. The third-order valence-corrected chi connectivity index (χ3v) is 4.46. The van der Waals surface area contributed by atoms with Gasteiger partial charge in [-0.2, -0.15) is 5.26 Å². The van der Waals surface area contributed by atoms with Crippen molar-refractivity contribution in [2.75, 3.05) is 33.2 Å². The normalized spacial score (nSPS) is 22.5. The molecule has 1 saturated carbocycles. The van der Waals surface area contributed by atoms with Crippen LogP contribution in [0.5, 0.6) is 0 Å². The summed E-state index contributed by atoms with van der Waals surface area (Å²) < 4.78 is 0. The fourth-order valence-corrected chi connectivity index (χ4v) is 2.97. The molecular weight excluding hydrogens is 264 g/mol. The number of amides is 1. The molecule has 0 radical (unpaired) electrons. The van der Waals surface area contributed by atoms with Crippen molar-refractivity contribution in [3.8, 4) is 6.07 Å². The number of carbonyl (C=O) groups excluding carboxylic acids is 1. The van der Waals surface area contributed by atoms with E-state index in [0.29, 0.717) is 19.1 Å². The maximum atomic E-state index is 12.4. The van der Waals surface area contributed by atoms with Gasteiger partial charge in [-0.3, -0.25) is 4.79 Å². The molecule has 116 valence electrons. The van der Waals surface area contributed by atoms with Gasteiger partial charge in [0.15, 0.2) is 0 Å². The molecule has 5 nitrogen and oxygen atoms in total. The molecule has 0 atom stereocenters. The first-order valence-corrected chi connectivity index (χ1v) is 8.05. The predicted octanol–water partition coefficient (Wildman–Crippen LogP) is 1.48.